The van der Waals surface area contributed by atoms with Gasteiger partial charge in [-0.05, 0) is 75.9 Å². The quantitative estimate of drug-likeness (QED) is 0.0809. The van der Waals surface area contributed by atoms with Crippen LogP contribution in [0.1, 0.15) is 36.5 Å². The molecular formula is C30H37N7O. The molecular weight excluding hydrogens is 474 g/mol. The Morgan fingerprint density at radius 2 is 1.74 bits per heavy atom. The van der Waals surface area contributed by atoms with E-state index < -0.39 is 0 Å². The second-order valence-corrected chi connectivity index (χ2v) is 9.54. The molecule has 4 rings (SSSR count). The van der Waals surface area contributed by atoms with Crippen molar-refractivity contribution >= 4 is 28.5 Å². The molecule has 8 heteroatoms. The van der Waals surface area contributed by atoms with Crippen molar-refractivity contribution in [1.82, 2.24) is 20.7 Å². The molecule has 1 aromatic heterocycles. The first kappa shape index (κ1) is 26.6. The molecule has 0 aliphatic rings. The third kappa shape index (κ3) is 6.64. The van der Waals surface area contributed by atoms with Crippen LogP contribution in [0.5, 0.6) is 5.75 Å². The number of guanidine groups is 2. The molecule has 0 radical (unpaired) electrons. The average Bonchev–Trinajstić information content (AvgIpc) is 3.24. The summed E-state index contributed by atoms with van der Waals surface area (Å²) in [6, 6.07) is 22.0. The SMILES string of the molecule is CCNC(=Nc1c(-c2cc(C)cc(C)c2)[nH]c2ccccc12)N(CCCCc1ccc(O)cc1)NC(=N)N. The number of aryl methyl sites for hydroxylation is 3. The van der Waals surface area contributed by atoms with E-state index in [1.807, 2.05) is 36.2 Å². The number of para-hydroxylation sites is 1. The van der Waals surface area contributed by atoms with Gasteiger partial charge in [-0.1, -0.05) is 47.5 Å². The number of aromatic nitrogens is 1. The number of phenolic OH excluding ortho intramolecular Hbond substituents is 1. The number of nitrogens with zero attached hydrogens (tertiary/aromatic N) is 2. The van der Waals surface area contributed by atoms with E-state index in [9.17, 15) is 5.11 Å². The number of benzene rings is 3. The summed E-state index contributed by atoms with van der Waals surface area (Å²) in [5, 5.41) is 23.6. The van der Waals surface area contributed by atoms with Crippen LogP contribution in [0.4, 0.5) is 5.69 Å². The van der Waals surface area contributed by atoms with E-state index in [2.05, 4.69) is 59.9 Å². The van der Waals surface area contributed by atoms with Crippen LogP contribution in [0.15, 0.2) is 71.7 Å². The molecule has 0 bridgehead atoms. The molecule has 0 saturated heterocycles. The van der Waals surface area contributed by atoms with Gasteiger partial charge in [0.15, 0.2) is 0 Å². The summed E-state index contributed by atoms with van der Waals surface area (Å²) < 4.78 is 0. The number of nitrogens with two attached hydrogens (primary N) is 1. The Balaban J connectivity index is 1.67. The highest BCUT2D eigenvalue weighted by Crippen LogP contribution is 2.38. The van der Waals surface area contributed by atoms with Gasteiger partial charge in [0, 0.05) is 29.6 Å². The second kappa shape index (κ2) is 12.2. The van der Waals surface area contributed by atoms with Gasteiger partial charge in [-0.15, -0.1) is 0 Å². The van der Waals surface area contributed by atoms with E-state index in [4.69, 9.17) is 16.1 Å². The molecule has 0 fully saturated rings. The number of hydrogen-bond acceptors (Lipinski definition) is 3. The van der Waals surface area contributed by atoms with Crippen molar-refractivity contribution in [2.45, 2.75) is 40.0 Å². The molecule has 8 nitrogen and oxygen atoms in total. The van der Waals surface area contributed by atoms with Gasteiger partial charge in [-0.2, -0.15) is 0 Å². The van der Waals surface area contributed by atoms with Gasteiger partial charge < -0.3 is 21.1 Å². The van der Waals surface area contributed by atoms with Crippen molar-refractivity contribution in [1.29, 1.82) is 5.41 Å². The first-order valence-electron chi connectivity index (χ1n) is 13.0. The van der Waals surface area contributed by atoms with Crippen LogP contribution >= 0.6 is 0 Å². The maximum Gasteiger partial charge on any atom is 0.218 e. The van der Waals surface area contributed by atoms with Crippen molar-refractivity contribution in [3.05, 3.63) is 83.4 Å². The summed E-state index contributed by atoms with van der Waals surface area (Å²) >= 11 is 0. The van der Waals surface area contributed by atoms with Crippen molar-refractivity contribution in [3.63, 3.8) is 0 Å². The minimum absolute atomic E-state index is 0.150. The number of aromatic amines is 1. The van der Waals surface area contributed by atoms with Gasteiger partial charge in [0.2, 0.25) is 11.9 Å². The standard InChI is InChI=1S/C30H37N7O/c1-4-33-30(37(36-29(31)32)16-8-7-9-22-12-14-24(38)15-13-22)35-28-25-10-5-6-11-26(25)34-27(28)23-18-20(2)17-21(3)19-23/h5-6,10-15,17-19,34,38H,4,7-9,16H2,1-3H3,(H,33,35)(H4,31,32,36). The van der Waals surface area contributed by atoms with Crippen molar-refractivity contribution < 1.29 is 5.11 Å². The van der Waals surface area contributed by atoms with Gasteiger partial charge >= 0.3 is 0 Å². The van der Waals surface area contributed by atoms with Crippen LogP contribution in [0.25, 0.3) is 22.2 Å². The first-order chi connectivity index (χ1) is 18.3. The molecule has 1 heterocycles. The van der Waals surface area contributed by atoms with Crippen LogP contribution < -0.4 is 16.5 Å². The lowest BCUT2D eigenvalue weighted by molar-refractivity contribution is 0.350. The molecule has 0 atom stereocenters. The Labute approximate surface area is 224 Å². The first-order valence-corrected chi connectivity index (χ1v) is 13.0. The number of rotatable bonds is 8. The topological polar surface area (TPSA) is 126 Å². The van der Waals surface area contributed by atoms with Crippen molar-refractivity contribution in [2.75, 3.05) is 13.1 Å². The summed E-state index contributed by atoms with van der Waals surface area (Å²) in [5.74, 6) is 0.722. The Hall–Kier alpha value is -4.46. The Bertz CT molecular complexity index is 1400. The van der Waals surface area contributed by atoms with E-state index in [0.717, 1.165) is 47.1 Å². The third-order valence-corrected chi connectivity index (χ3v) is 6.29. The van der Waals surface area contributed by atoms with E-state index in [0.29, 0.717) is 19.0 Å². The molecule has 38 heavy (non-hydrogen) atoms. The molecule has 0 saturated carbocycles. The zero-order valence-electron chi connectivity index (χ0n) is 22.3. The molecule has 0 amide bonds. The van der Waals surface area contributed by atoms with Crippen LogP contribution in [-0.4, -0.2) is 40.1 Å². The number of unbranched alkanes of at least 4 members (excludes halogenated alkanes) is 1. The fourth-order valence-electron chi connectivity index (χ4n) is 4.65. The lowest BCUT2D eigenvalue weighted by Gasteiger charge is -2.27. The van der Waals surface area contributed by atoms with E-state index in [1.165, 1.54) is 16.7 Å². The monoisotopic (exact) mass is 511 g/mol. The smallest absolute Gasteiger partial charge is 0.218 e. The van der Waals surface area contributed by atoms with Crippen molar-refractivity contribution in [3.8, 4) is 17.0 Å². The van der Waals surface area contributed by atoms with E-state index in [-0.39, 0.29) is 11.7 Å². The maximum absolute atomic E-state index is 9.52. The molecule has 0 aliphatic carbocycles. The highest BCUT2D eigenvalue weighted by Gasteiger charge is 2.18. The van der Waals surface area contributed by atoms with E-state index >= 15 is 0 Å². The van der Waals surface area contributed by atoms with Crippen molar-refractivity contribution in [2.24, 2.45) is 10.7 Å². The minimum atomic E-state index is -0.150. The summed E-state index contributed by atoms with van der Waals surface area (Å²) in [5.41, 5.74) is 16.2. The normalized spacial score (nSPS) is 11.5. The Kier molecular flexibility index (Phi) is 8.53. The highest BCUT2D eigenvalue weighted by atomic mass is 16.3. The van der Waals surface area contributed by atoms with Crippen LogP contribution in [-0.2, 0) is 6.42 Å². The second-order valence-electron chi connectivity index (χ2n) is 9.54. The number of phenols is 1. The Morgan fingerprint density at radius 3 is 2.42 bits per heavy atom. The predicted octanol–water partition coefficient (Wildman–Crippen LogP) is 5.48. The highest BCUT2D eigenvalue weighted by molar-refractivity contribution is 6.02. The van der Waals surface area contributed by atoms with Crippen LogP contribution in [0.2, 0.25) is 0 Å². The van der Waals surface area contributed by atoms with Gasteiger partial charge in [-0.25, -0.2) is 4.99 Å². The predicted molar refractivity (Wildman–Crippen MR) is 157 cm³/mol. The van der Waals surface area contributed by atoms with Gasteiger partial charge in [-0.3, -0.25) is 15.8 Å². The van der Waals surface area contributed by atoms with Crippen LogP contribution in [0, 0.1) is 19.3 Å². The summed E-state index contributed by atoms with van der Waals surface area (Å²) in [6.07, 6.45) is 2.67. The Morgan fingerprint density at radius 1 is 1.03 bits per heavy atom. The fraction of sp³-hybridized carbons (Fsp3) is 0.267. The molecule has 0 aliphatic heterocycles. The lowest BCUT2D eigenvalue weighted by Crippen LogP contribution is -2.53. The summed E-state index contributed by atoms with van der Waals surface area (Å²) in [6.45, 7) is 7.48. The number of hydrazine groups is 1. The lowest BCUT2D eigenvalue weighted by atomic mass is 10.0. The van der Waals surface area contributed by atoms with Gasteiger partial charge in [0.05, 0.1) is 5.69 Å². The molecule has 3 aromatic carbocycles. The number of aromatic hydroxyl groups is 1. The van der Waals surface area contributed by atoms with Gasteiger partial charge in [0.25, 0.3) is 0 Å². The molecule has 0 spiro atoms. The minimum Gasteiger partial charge on any atom is -0.508 e. The van der Waals surface area contributed by atoms with Gasteiger partial charge in [0.1, 0.15) is 11.4 Å². The number of H-pyrrole nitrogens is 1. The summed E-state index contributed by atoms with van der Waals surface area (Å²) in [7, 11) is 0. The zero-order chi connectivity index (χ0) is 27.1. The number of aliphatic imine (C=N–C) groups is 1. The van der Waals surface area contributed by atoms with Crippen LogP contribution in [0.3, 0.4) is 0 Å². The molecule has 198 valence electrons. The maximum atomic E-state index is 9.52. The number of nitrogens with one attached hydrogen (secondary N) is 4. The average molecular weight is 512 g/mol. The summed E-state index contributed by atoms with van der Waals surface area (Å²) in [4.78, 5) is 8.71. The number of hydrogen-bond donors (Lipinski definition) is 6. The zero-order valence-corrected chi connectivity index (χ0v) is 22.3. The molecule has 7 N–H and O–H groups in total. The largest absolute Gasteiger partial charge is 0.508 e. The fourth-order valence-corrected chi connectivity index (χ4v) is 4.65. The van der Waals surface area contributed by atoms with E-state index in [1.54, 1.807) is 12.1 Å². The molecule has 0 unspecified atom stereocenters. The molecule has 4 aromatic rings. The number of fused-ring (bicyclic) bond motifs is 1. The third-order valence-electron chi connectivity index (χ3n) is 6.29.